The number of sulfonamides is 1. The number of carbonyl (C=O) groups is 1. The second-order valence-electron chi connectivity index (χ2n) is 4.59. The van der Waals surface area contributed by atoms with Gasteiger partial charge in [-0.25, -0.2) is 12.8 Å². The molecule has 0 atom stereocenters. The molecule has 5 nitrogen and oxygen atoms in total. The van der Waals surface area contributed by atoms with Crippen LogP contribution in [0.5, 0.6) is 0 Å². The zero-order valence-electron chi connectivity index (χ0n) is 11.2. The fourth-order valence-electron chi connectivity index (χ4n) is 1.77. The number of rotatable bonds is 5. The molecule has 1 aromatic carbocycles. The summed E-state index contributed by atoms with van der Waals surface area (Å²) in [5.41, 5.74) is -1.71. The highest BCUT2D eigenvalue weighted by Crippen LogP contribution is 2.29. The third kappa shape index (κ3) is 2.79. The van der Waals surface area contributed by atoms with Crippen LogP contribution in [0.25, 0.3) is 0 Å². The minimum absolute atomic E-state index is 0.117. The van der Waals surface area contributed by atoms with E-state index >= 15 is 0 Å². The molecule has 20 heavy (non-hydrogen) atoms. The molecule has 0 heterocycles. The van der Waals surface area contributed by atoms with Gasteiger partial charge in [-0.2, -0.15) is 4.31 Å². The summed E-state index contributed by atoms with van der Waals surface area (Å²) in [5.74, 6) is -2.42. The van der Waals surface area contributed by atoms with Crippen molar-refractivity contribution in [2.24, 2.45) is 0 Å². The number of hydrogen-bond acceptors (Lipinski definition) is 3. The molecule has 112 valence electrons. The molecule has 1 rings (SSSR count). The molecular weight excluding hydrogens is 309 g/mol. The van der Waals surface area contributed by atoms with Crippen molar-refractivity contribution in [1.29, 1.82) is 0 Å². The Hall–Kier alpha value is -1.18. The molecule has 1 N–H and O–H groups in total. The van der Waals surface area contributed by atoms with E-state index in [4.69, 9.17) is 16.7 Å². The molecule has 8 heteroatoms. The Labute approximate surface area is 122 Å². The third-order valence-corrected chi connectivity index (χ3v) is 5.38. The van der Waals surface area contributed by atoms with Gasteiger partial charge in [0.25, 0.3) is 0 Å². The van der Waals surface area contributed by atoms with E-state index in [1.54, 1.807) is 0 Å². The van der Waals surface area contributed by atoms with Crippen LogP contribution in [0.4, 0.5) is 4.39 Å². The lowest BCUT2D eigenvalue weighted by atomic mass is 10.1. The molecule has 1 aromatic rings. The van der Waals surface area contributed by atoms with Crippen molar-refractivity contribution in [3.8, 4) is 0 Å². The first-order chi connectivity index (χ1) is 9.06. The Kier molecular flexibility index (Phi) is 4.78. The number of halogens is 2. The van der Waals surface area contributed by atoms with Gasteiger partial charge in [0.1, 0.15) is 10.4 Å². The Morgan fingerprint density at radius 2 is 2.00 bits per heavy atom. The topological polar surface area (TPSA) is 74.7 Å². The summed E-state index contributed by atoms with van der Waals surface area (Å²) in [4.78, 5) is 10.6. The van der Waals surface area contributed by atoms with Crippen LogP contribution in [-0.4, -0.2) is 35.9 Å². The van der Waals surface area contributed by atoms with Crippen molar-refractivity contribution in [1.82, 2.24) is 4.31 Å². The van der Waals surface area contributed by atoms with E-state index in [9.17, 15) is 17.6 Å². The van der Waals surface area contributed by atoms with Gasteiger partial charge in [0.05, 0.1) is 5.02 Å². The van der Waals surface area contributed by atoms with Crippen LogP contribution in [0, 0.1) is 5.82 Å². The molecule has 0 unspecified atom stereocenters. The van der Waals surface area contributed by atoms with Crippen LogP contribution in [0.1, 0.15) is 20.8 Å². The minimum Gasteiger partial charge on any atom is -0.480 e. The number of likely N-dealkylation sites (N-methyl/N-ethyl adjacent to an activating group) is 1. The van der Waals surface area contributed by atoms with E-state index < -0.39 is 32.2 Å². The fraction of sp³-hybridized carbons (Fsp3) is 0.417. The van der Waals surface area contributed by atoms with Crippen molar-refractivity contribution >= 4 is 27.6 Å². The summed E-state index contributed by atoms with van der Waals surface area (Å²) in [5, 5.41) is 8.81. The quantitative estimate of drug-likeness (QED) is 0.902. The minimum atomic E-state index is -4.31. The molecule has 0 saturated carbocycles. The van der Waals surface area contributed by atoms with Gasteiger partial charge in [-0.05, 0) is 26.0 Å². The van der Waals surface area contributed by atoms with Gasteiger partial charge in [-0.3, -0.25) is 4.79 Å². The summed E-state index contributed by atoms with van der Waals surface area (Å²) in [6.45, 7) is 3.83. The SMILES string of the molecule is CCN(C(C)(C)C(=O)O)S(=O)(=O)c1cccc(Cl)c1F. The van der Waals surface area contributed by atoms with Crippen LogP contribution in [0.3, 0.4) is 0 Å². The van der Waals surface area contributed by atoms with Crippen molar-refractivity contribution in [2.75, 3.05) is 6.54 Å². The standard InChI is InChI=1S/C12H15ClFNO4S/c1-4-15(12(2,3)11(16)17)20(18,19)9-7-5-6-8(13)10(9)14/h5-7H,4H2,1-3H3,(H,16,17). The number of carboxylic acids is 1. The number of hydrogen-bond donors (Lipinski definition) is 1. The predicted molar refractivity (Wildman–Crippen MR) is 72.7 cm³/mol. The highest BCUT2D eigenvalue weighted by atomic mass is 35.5. The van der Waals surface area contributed by atoms with Gasteiger partial charge in [-0.1, -0.05) is 24.6 Å². The van der Waals surface area contributed by atoms with E-state index in [1.807, 2.05) is 0 Å². The number of carboxylic acid groups (broad SMARTS) is 1. The summed E-state index contributed by atoms with van der Waals surface area (Å²) in [7, 11) is -4.31. The van der Waals surface area contributed by atoms with Crippen molar-refractivity contribution < 1.29 is 22.7 Å². The Morgan fingerprint density at radius 3 is 2.45 bits per heavy atom. The average Bonchev–Trinajstić information content (AvgIpc) is 2.32. The second-order valence-corrected chi connectivity index (χ2v) is 6.82. The highest BCUT2D eigenvalue weighted by molar-refractivity contribution is 7.89. The van der Waals surface area contributed by atoms with Gasteiger partial charge >= 0.3 is 5.97 Å². The van der Waals surface area contributed by atoms with Gasteiger partial charge in [0.15, 0.2) is 5.82 Å². The molecule has 0 saturated heterocycles. The third-order valence-electron chi connectivity index (χ3n) is 2.92. The van der Waals surface area contributed by atoms with Crippen molar-refractivity contribution in [3.63, 3.8) is 0 Å². The first-order valence-electron chi connectivity index (χ1n) is 5.77. The molecule has 0 aliphatic carbocycles. The van der Waals surface area contributed by atoms with Crippen LogP contribution in [0.15, 0.2) is 23.1 Å². The molecule has 0 radical (unpaired) electrons. The summed E-state index contributed by atoms with van der Waals surface area (Å²) < 4.78 is 39.5. The number of benzene rings is 1. The molecule has 0 aromatic heterocycles. The maximum absolute atomic E-state index is 13.9. The average molecular weight is 324 g/mol. The van der Waals surface area contributed by atoms with Crippen LogP contribution in [0.2, 0.25) is 5.02 Å². The van der Waals surface area contributed by atoms with E-state index in [-0.39, 0.29) is 11.6 Å². The van der Waals surface area contributed by atoms with E-state index in [0.29, 0.717) is 0 Å². The fourth-order valence-corrected chi connectivity index (χ4v) is 3.85. The van der Waals surface area contributed by atoms with Gasteiger partial charge in [0, 0.05) is 6.54 Å². The first-order valence-corrected chi connectivity index (χ1v) is 7.58. The lowest BCUT2D eigenvalue weighted by Crippen LogP contribution is -2.52. The normalized spacial score (nSPS) is 12.7. The molecule has 0 aliphatic rings. The molecule has 0 bridgehead atoms. The largest absolute Gasteiger partial charge is 0.480 e. The molecule has 0 amide bonds. The first kappa shape index (κ1) is 16.9. The monoisotopic (exact) mass is 323 g/mol. The number of aliphatic carboxylic acids is 1. The summed E-state index contributed by atoms with van der Waals surface area (Å²) >= 11 is 5.57. The molecule has 0 aliphatic heterocycles. The molecule has 0 fully saturated rings. The zero-order valence-corrected chi connectivity index (χ0v) is 12.8. The Bertz CT molecular complexity index is 630. The zero-order chi connectivity index (χ0) is 15.7. The predicted octanol–water partition coefficient (Wildman–Crippen LogP) is 2.35. The smallest absolute Gasteiger partial charge is 0.324 e. The summed E-state index contributed by atoms with van der Waals surface area (Å²) in [6, 6.07) is 3.56. The Balaban J connectivity index is 3.48. The van der Waals surface area contributed by atoms with E-state index in [1.165, 1.54) is 32.9 Å². The lowest BCUT2D eigenvalue weighted by molar-refractivity contribution is -0.146. The van der Waals surface area contributed by atoms with Crippen LogP contribution >= 0.6 is 11.6 Å². The molecular formula is C12H15ClFNO4S. The van der Waals surface area contributed by atoms with Gasteiger partial charge in [0.2, 0.25) is 10.0 Å². The van der Waals surface area contributed by atoms with Crippen molar-refractivity contribution in [3.05, 3.63) is 29.0 Å². The maximum atomic E-state index is 13.9. The van der Waals surface area contributed by atoms with E-state index in [2.05, 4.69) is 0 Å². The van der Waals surface area contributed by atoms with Crippen LogP contribution in [-0.2, 0) is 14.8 Å². The number of nitrogens with zero attached hydrogens (tertiary/aromatic N) is 1. The van der Waals surface area contributed by atoms with Crippen LogP contribution < -0.4 is 0 Å². The van der Waals surface area contributed by atoms with Crippen molar-refractivity contribution in [2.45, 2.75) is 31.2 Å². The Morgan fingerprint density at radius 1 is 1.45 bits per heavy atom. The van der Waals surface area contributed by atoms with Gasteiger partial charge < -0.3 is 5.11 Å². The summed E-state index contributed by atoms with van der Waals surface area (Å²) in [6.07, 6.45) is 0. The second kappa shape index (κ2) is 5.67. The van der Waals surface area contributed by atoms with Gasteiger partial charge in [-0.15, -0.1) is 0 Å². The van der Waals surface area contributed by atoms with E-state index in [0.717, 1.165) is 10.4 Å². The molecule has 0 spiro atoms. The maximum Gasteiger partial charge on any atom is 0.324 e. The lowest BCUT2D eigenvalue weighted by Gasteiger charge is -2.33. The highest BCUT2D eigenvalue weighted by Gasteiger charge is 2.42.